The summed E-state index contributed by atoms with van der Waals surface area (Å²) in [4.78, 5) is 27.6. The van der Waals surface area contributed by atoms with E-state index in [0.29, 0.717) is 42.3 Å². The number of carbonyl (C=O) groups excluding carboxylic acids is 2. The lowest BCUT2D eigenvalue weighted by Crippen LogP contribution is -2.38. The highest BCUT2D eigenvalue weighted by molar-refractivity contribution is 7.99. The number of nitrogens with zero attached hydrogens (tertiary/aromatic N) is 4. The third-order valence-electron chi connectivity index (χ3n) is 5.41. The maximum Gasteiger partial charge on any atom is 0.341 e. The number of hydrogen-bond acceptors (Lipinski definition) is 9. The van der Waals surface area contributed by atoms with Crippen molar-refractivity contribution in [2.75, 3.05) is 48.9 Å². The van der Waals surface area contributed by atoms with Gasteiger partial charge in [-0.1, -0.05) is 25.6 Å². The number of rotatable bonds is 10. The van der Waals surface area contributed by atoms with E-state index in [4.69, 9.17) is 9.47 Å². The number of aromatic nitrogens is 3. The van der Waals surface area contributed by atoms with Gasteiger partial charge in [-0.25, -0.2) is 4.79 Å². The van der Waals surface area contributed by atoms with E-state index in [0.717, 1.165) is 49.0 Å². The molecular formula is C22H31N5O4S2. The van der Waals surface area contributed by atoms with Crippen LogP contribution in [-0.4, -0.2) is 65.3 Å². The average molecular weight is 494 g/mol. The Labute approximate surface area is 202 Å². The Morgan fingerprint density at radius 1 is 1.30 bits per heavy atom. The Balaban J connectivity index is 1.43. The lowest BCUT2D eigenvalue weighted by atomic mass is 10.0. The minimum absolute atomic E-state index is 0.179. The van der Waals surface area contributed by atoms with Gasteiger partial charge in [0.1, 0.15) is 5.00 Å². The zero-order valence-electron chi connectivity index (χ0n) is 19.3. The number of amides is 1. The molecule has 2 aromatic heterocycles. The Bertz CT molecular complexity index is 980. The zero-order chi connectivity index (χ0) is 23.4. The van der Waals surface area contributed by atoms with E-state index in [1.165, 1.54) is 23.1 Å². The van der Waals surface area contributed by atoms with Crippen LogP contribution in [-0.2, 0) is 20.7 Å². The van der Waals surface area contributed by atoms with E-state index in [1.54, 1.807) is 6.92 Å². The molecular weight excluding hydrogens is 462 g/mol. The van der Waals surface area contributed by atoms with Crippen LogP contribution in [0.1, 0.15) is 55.6 Å². The normalized spacial score (nSPS) is 16.3. The average Bonchev–Trinajstić information content (AvgIpc) is 3.43. The third kappa shape index (κ3) is 5.88. The number of nitrogens with one attached hydrogen (secondary N) is 1. The van der Waals surface area contributed by atoms with Gasteiger partial charge in [-0.05, 0) is 43.0 Å². The summed E-state index contributed by atoms with van der Waals surface area (Å²) in [5.41, 5.74) is 1.39. The number of anilines is 2. The number of carbonyl (C=O) groups is 2. The minimum Gasteiger partial charge on any atom is -0.462 e. The first kappa shape index (κ1) is 24.0. The van der Waals surface area contributed by atoms with Gasteiger partial charge in [0, 0.05) is 19.1 Å². The van der Waals surface area contributed by atoms with Gasteiger partial charge in [0.15, 0.2) is 5.16 Å². The van der Waals surface area contributed by atoms with Crippen molar-refractivity contribution in [3.63, 3.8) is 0 Å². The lowest BCUT2D eigenvalue weighted by Gasteiger charge is -2.27. The zero-order valence-corrected chi connectivity index (χ0v) is 21.0. The second kappa shape index (κ2) is 10.9. The van der Waals surface area contributed by atoms with Crippen LogP contribution in [0.15, 0.2) is 10.5 Å². The second-order valence-electron chi connectivity index (χ2n) is 8.60. The summed E-state index contributed by atoms with van der Waals surface area (Å²) < 4.78 is 12.9. The molecule has 0 spiro atoms. The van der Waals surface area contributed by atoms with Crippen molar-refractivity contribution >= 4 is 45.9 Å². The van der Waals surface area contributed by atoms with Crippen molar-refractivity contribution in [3.8, 4) is 0 Å². The monoisotopic (exact) mass is 493 g/mol. The molecule has 1 saturated carbocycles. The van der Waals surface area contributed by atoms with Gasteiger partial charge in [0.2, 0.25) is 11.9 Å². The Kier molecular flexibility index (Phi) is 7.92. The highest BCUT2D eigenvalue weighted by atomic mass is 32.2. The van der Waals surface area contributed by atoms with E-state index >= 15 is 0 Å². The number of ether oxygens (including phenoxy) is 2. The molecule has 0 unspecified atom stereocenters. The van der Waals surface area contributed by atoms with Gasteiger partial charge in [-0.2, -0.15) is 0 Å². The highest BCUT2D eigenvalue weighted by Gasteiger charge is 2.32. The van der Waals surface area contributed by atoms with E-state index in [9.17, 15) is 9.59 Å². The predicted molar refractivity (Wildman–Crippen MR) is 129 cm³/mol. The van der Waals surface area contributed by atoms with E-state index in [2.05, 4.69) is 38.8 Å². The number of thioether (sulfide) groups is 1. The van der Waals surface area contributed by atoms with Crippen molar-refractivity contribution in [1.82, 2.24) is 14.8 Å². The topological polar surface area (TPSA) is 98.6 Å². The molecule has 4 rings (SSSR count). The molecule has 0 bridgehead atoms. The summed E-state index contributed by atoms with van der Waals surface area (Å²) in [6.45, 7) is 9.23. The van der Waals surface area contributed by atoms with Crippen molar-refractivity contribution in [2.45, 2.75) is 51.2 Å². The Morgan fingerprint density at radius 2 is 2.06 bits per heavy atom. The summed E-state index contributed by atoms with van der Waals surface area (Å²) in [5, 5.41) is 15.0. The Morgan fingerprint density at radius 3 is 2.73 bits per heavy atom. The molecule has 1 saturated heterocycles. The minimum atomic E-state index is -0.388. The summed E-state index contributed by atoms with van der Waals surface area (Å²) in [6.07, 6.45) is 2.96. The predicted octanol–water partition coefficient (Wildman–Crippen LogP) is 3.62. The molecule has 180 valence electrons. The van der Waals surface area contributed by atoms with Crippen molar-refractivity contribution in [2.24, 2.45) is 5.92 Å². The van der Waals surface area contributed by atoms with Gasteiger partial charge in [-0.3, -0.25) is 9.36 Å². The summed E-state index contributed by atoms with van der Waals surface area (Å²) in [5.74, 6) is 0.877. The molecule has 1 N–H and O–H groups in total. The molecule has 2 aliphatic rings. The molecule has 11 heteroatoms. The standard InChI is InChI=1S/C22H31N5O4S2/c1-4-31-20(29)18-15(11-14(2)3)12-32-19(18)23-17(28)13-33-22-25-24-21(27(22)16-5-6-16)26-7-9-30-10-8-26/h12,14,16H,4-11,13H2,1-3H3,(H,23,28). The smallest absolute Gasteiger partial charge is 0.341 e. The number of esters is 1. The molecule has 1 aliphatic carbocycles. The van der Waals surface area contributed by atoms with Gasteiger partial charge in [-0.15, -0.1) is 21.5 Å². The fourth-order valence-electron chi connectivity index (χ4n) is 3.79. The summed E-state index contributed by atoms with van der Waals surface area (Å²) in [7, 11) is 0. The summed E-state index contributed by atoms with van der Waals surface area (Å²) in [6, 6.07) is 0.398. The van der Waals surface area contributed by atoms with E-state index < -0.39 is 0 Å². The first-order valence-corrected chi connectivity index (χ1v) is 13.3. The second-order valence-corrected chi connectivity index (χ2v) is 10.4. The van der Waals surface area contributed by atoms with Gasteiger partial charge in [0.05, 0.1) is 31.1 Å². The molecule has 1 amide bonds. The highest BCUT2D eigenvalue weighted by Crippen LogP contribution is 2.41. The maximum absolute atomic E-state index is 12.8. The molecule has 1 aliphatic heterocycles. The first-order valence-electron chi connectivity index (χ1n) is 11.5. The number of morpholine rings is 1. The maximum atomic E-state index is 12.8. The number of hydrogen-bond donors (Lipinski definition) is 1. The van der Waals surface area contributed by atoms with Crippen molar-refractivity contribution < 1.29 is 19.1 Å². The fraction of sp³-hybridized carbons (Fsp3) is 0.636. The SMILES string of the molecule is CCOC(=O)c1c(CC(C)C)csc1NC(=O)CSc1nnc(N2CCOCC2)n1C1CC1. The molecule has 9 nitrogen and oxygen atoms in total. The molecule has 0 radical (unpaired) electrons. The van der Waals surface area contributed by atoms with Crippen molar-refractivity contribution in [3.05, 3.63) is 16.5 Å². The van der Waals surface area contributed by atoms with Gasteiger partial charge >= 0.3 is 5.97 Å². The molecule has 33 heavy (non-hydrogen) atoms. The largest absolute Gasteiger partial charge is 0.462 e. The molecule has 2 fully saturated rings. The molecule has 0 aromatic carbocycles. The van der Waals surface area contributed by atoms with Crippen LogP contribution in [0.5, 0.6) is 0 Å². The van der Waals surface area contributed by atoms with Crippen LogP contribution in [0.25, 0.3) is 0 Å². The van der Waals surface area contributed by atoms with Crippen LogP contribution in [0.2, 0.25) is 0 Å². The van der Waals surface area contributed by atoms with Crippen LogP contribution < -0.4 is 10.2 Å². The van der Waals surface area contributed by atoms with Crippen molar-refractivity contribution in [1.29, 1.82) is 0 Å². The molecule has 3 heterocycles. The van der Waals surface area contributed by atoms with Gasteiger partial charge in [0.25, 0.3) is 0 Å². The van der Waals surface area contributed by atoms with Crippen LogP contribution in [0.3, 0.4) is 0 Å². The van der Waals surface area contributed by atoms with Crippen LogP contribution >= 0.6 is 23.1 Å². The fourth-order valence-corrected chi connectivity index (χ4v) is 5.57. The molecule has 2 aromatic rings. The quantitative estimate of drug-likeness (QED) is 0.396. The third-order valence-corrected chi connectivity index (χ3v) is 7.30. The Hall–Kier alpha value is -2.11. The van der Waals surface area contributed by atoms with E-state index in [1.807, 2.05) is 5.38 Å². The summed E-state index contributed by atoms with van der Waals surface area (Å²) >= 11 is 2.75. The lowest BCUT2D eigenvalue weighted by molar-refractivity contribution is -0.113. The molecule has 0 atom stereocenters. The van der Waals surface area contributed by atoms with Gasteiger partial charge < -0.3 is 19.7 Å². The first-order chi connectivity index (χ1) is 16.0. The van der Waals surface area contributed by atoms with Crippen LogP contribution in [0, 0.1) is 5.92 Å². The van der Waals surface area contributed by atoms with Crippen LogP contribution in [0.4, 0.5) is 10.9 Å². The number of thiophene rings is 1. The van der Waals surface area contributed by atoms with E-state index in [-0.39, 0.29) is 17.6 Å².